The molecule has 0 aromatic heterocycles. The van der Waals surface area contributed by atoms with E-state index in [1.165, 1.54) is 0 Å². The third-order valence-corrected chi connectivity index (χ3v) is 3.12. The summed E-state index contributed by atoms with van der Waals surface area (Å²) in [5.74, 6) is -1.41. The maximum absolute atomic E-state index is 12.0. The quantitative estimate of drug-likeness (QED) is 0.195. The summed E-state index contributed by atoms with van der Waals surface area (Å²) in [5.41, 5.74) is 7.41. The second kappa shape index (κ2) is 6.64. The van der Waals surface area contributed by atoms with Crippen LogP contribution < -0.4 is 0 Å². The first-order chi connectivity index (χ1) is 9.67. The zero-order chi connectivity index (χ0) is 16.1. The molecule has 0 N–H and O–H groups in total. The smallest absolute Gasteiger partial charge is 0.441 e. The number of ether oxygens (including phenoxy) is 1. The first-order valence-electron chi connectivity index (χ1n) is 7.01. The molecule has 21 heavy (non-hydrogen) atoms. The van der Waals surface area contributed by atoms with Gasteiger partial charge >= 0.3 is 11.7 Å². The molecular weight excluding hydrogens is 268 g/mol. The van der Waals surface area contributed by atoms with E-state index in [2.05, 4.69) is 4.79 Å². The summed E-state index contributed by atoms with van der Waals surface area (Å²) in [5, 5.41) is 0. The average Bonchev–Trinajstić information content (AvgIpc) is 2.36. The van der Waals surface area contributed by atoms with Crippen LogP contribution in [0, 0.1) is 5.41 Å². The maximum Gasteiger partial charge on any atom is 0.441 e. The van der Waals surface area contributed by atoms with E-state index in [-0.39, 0.29) is 11.8 Å². The molecule has 0 saturated heterocycles. The third kappa shape index (κ3) is 5.48. The van der Waals surface area contributed by atoms with Crippen molar-refractivity contribution in [1.29, 1.82) is 0 Å². The summed E-state index contributed by atoms with van der Waals surface area (Å²) in [4.78, 5) is 26.7. The van der Waals surface area contributed by atoms with Gasteiger partial charge in [-0.3, -0.25) is 4.79 Å². The number of carbonyl (C=O) groups is 2. The molecule has 114 valence electrons. The van der Waals surface area contributed by atoms with E-state index in [1.807, 2.05) is 31.2 Å². The largest absolute Gasteiger partial charge is 0.451 e. The van der Waals surface area contributed by atoms with Crippen LogP contribution in [0.15, 0.2) is 24.3 Å². The molecule has 0 saturated carbocycles. The van der Waals surface area contributed by atoms with Crippen molar-refractivity contribution >= 4 is 17.5 Å². The lowest BCUT2D eigenvalue weighted by atomic mass is 9.81. The topological polar surface area (TPSA) is 79.8 Å². The number of esters is 1. The van der Waals surface area contributed by atoms with E-state index in [9.17, 15) is 9.59 Å². The fourth-order valence-electron chi connectivity index (χ4n) is 2.01. The molecule has 1 rings (SSSR count). The Hall–Kier alpha value is -2.00. The summed E-state index contributed by atoms with van der Waals surface area (Å²) in [7, 11) is 0. The van der Waals surface area contributed by atoms with Crippen molar-refractivity contribution in [3.05, 3.63) is 29.8 Å². The molecule has 0 amide bonds. The van der Waals surface area contributed by atoms with E-state index < -0.39 is 23.1 Å². The van der Waals surface area contributed by atoms with Gasteiger partial charge in [-0.1, -0.05) is 31.2 Å². The highest BCUT2D eigenvalue weighted by Crippen LogP contribution is 2.30. The molecule has 0 spiro atoms. The predicted octanol–water partition coefficient (Wildman–Crippen LogP) is 2.87. The van der Waals surface area contributed by atoms with Crippen molar-refractivity contribution in [1.82, 2.24) is 0 Å². The number of nitrogens with zero attached hydrogens (tertiary/aromatic N) is 2. The second-order valence-electron chi connectivity index (χ2n) is 6.42. The van der Waals surface area contributed by atoms with Gasteiger partial charge in [0.05, 0.1) is 0 Å². The monoisotopic (exact) mass is 290 g/mol. The highest BCUT2D eigenvalue weighted by atomic mass is 16.6. The summed E-state index contributed by atoms with van der Waals surface area (Å²) in [6, 6.07) is 0. The number of rotatable bonds is 5. The number of hydrogen-bond donors (Lipinski definition) is 0. The first-order valence-corrected chi connectivity index (χ1v) is 7.01. The Balaban J connectivity index is 2.67. The van der Waals surface area contributed by atoms with Crippen LogP contribution in [0.4, 0.5) is 0 Å². The number of Topliss-reactive ketones (excluding diaryl/α,β-unsaturated/α-hetero) is 1. The number of ketones is 1. The molecule has 0 atom stereocenters. The Morgan fingerprint density at radius 2 is 1.86 bits per heavy atom. The van der Waals surface area contributed by atoms with Crippen molar-refractivity contribution in [2.45, 2.75) is 52.6 Å². The summed E-state index contributed by atoms with van der Waals surface area (Å²) in [6.45, 7) is 7.06. The van der Waals surface area contributed by atoms with Crippen LogP contribution in [-0.4, -0.2) is 27.9 Å². The SMILES string of the molecule is CC1(CCC(=O)C(=[N+]=[N-])C(=O)OC(C)(C)C)C=CCC=C1. The van der Waals surface area contributed by atoms with Crippen molar-refractivity contribution in [2.24, 2.45) is 5.41 Å². The van der Waals surface area contributed by atoms with Gasteiger partial charge in [0.15, 0.2) is 0 Å². The lowest BCUT2D eigenvalue weighted by Gasteiger charge is -2.23. The summed E-state index contributed by atoms with van der Waals surface area (Å²) in [6.07, 6.45) is 9.72. The third-order valence-electron chi connectivity index (χ3n) is 3.12. The number of carbonyl (C=O) groups excluding carboxylic acids is 2. The van der Waals surface area contributed by atoms with Crippen LogP contribution in [0.2, 0.25) is 0 Å². The van der Waals surface area contributed by atoms with Crippen LogP contribution in [0.3, 0.4) is 0 Å². The van der Waals surface area contributed by atoms with Crippen LogP contribution in [0.5, 0.6) is 0 Å². The first kappa shape index (κ1) is 17.1. The summed E-state index contributed by atoms with van der Waals surface area (Å²) < 4.78 is 5.05. The minimum Gasteiger partial charge on any atom is -0.451 e. The molecule has 5 heteroatoms. The van der Waals surface area contributed by atoms with Gasteiger partial charge < -0.3 is 10.3 Å². The van der Waals surface area contributed by atoms with Gasteiger partial charge in [-0.25, -0.2) is 4.79 Å². The normalized spacial score (nSPS) is 16.2. The van der Waals surface area contributed by atoms with Gasteiger partial charge in [-0.2, -0.15) is 4.79 Å². The zero-order valence-electron chi connectivity index (χ0n) is 13.0. The van der Waals surface area contributed by atoms with Gasteiger partial charge in [0, 0.05) is 11.8 Å². The van der Waals surface area contributed by atoms with Crippen molar-refractivity contribution in [3.63, 3.8) is 0 Å². The minimum absolute atomic E-state index is 0.115. The van der Waals surface area contributed by atoms with E-state index in [1.54, 1.807) is 20.8 Å². The Morgan fingerprint density at radius 3 is 2.33 bits per heavy atom. The van der Waals surface area contributed by atoms with E-state index in [0.29, 0.717) is 6.42 Å². The molecule has 0 aliphatic heterocycles. The van der Waals surface area contributed by atoms with Crippen molar-refractivity contribution in [2.75, 3.05) is 0 Å². The Kier molecular flexibility index (Phi) is 5.39. The molecule has 0 heterocycles. The van der Waals surface area contributed by atoms with E-state index in [4.69, 9.17) is 10.3 Å². The van der Waals surface area contributed by atoms with Crippen LogP contribution in [0.1, 0.15) is 47.0 Å². The van der Waals surface area contributed by atoms with Crippen LogP contribution >= 0.6 is 0 Å². The summed E-state index contributed by atoms with van der Waals surface area (Å²) >= 11 is 0. The highest BCUT2D eigenvalue weighted by Gasteiger charge is 2.34. The second-order valence-corrected chi connectivity index (χ2v) is 6.42. The molecular formula is C16H22N2O3. The molecule has 1 aliphatic rings. The van der Waals surface area contributed by atoms with Gasteiger partial charge in [-0.05, 0) is 33.6 Å². The fourth-order valence-corrected chi connectivity index (χ4v) is 2.01. The standard InChI is InChI=1S/C16H22N2O3/c1-15(2,3)21-14(20)13(18-17)12(19)8-11-16(4)9-6-5-7-10-16/h6-7,9-10H,5,8,11H2,1-4H3. The highest BCUT2D eigenvalue weighted by molar-refractivity contribution is 6.62. The van der Waals surface area contributed by atoms with Crippen LogP contribution in [-0.2, 0) is 14.3 Å². The Morgan fingerprint density at radius 1 is 1.29 bits per heavy atom. The molecule has 0 bridgehead atoms. The molecule has 0 fully saturated rings. The maximum atomic E-state index is 12.0. The molecule has 0 unspecified atom stereocenters. The molecule has 0 radical (unpaired) electrons. The van der Waals surface area contributed by atoms with Crippen LogP contribution in [0.25, 0.3) is 5.53 Å². The molecule has 0 aromatic rings. The minimum atomic E-state index is -0.894. The van der Waals surface area contributed by atoms with E-state index >= 15 is 0 Å². The lowest BCUT2D eigenvalue weighted by molar-refractivity contribution is -0.152. The fraction of sp³-hybridized carbons (Fsp3) is 0.562. The van der Waals surface area contributed by atoms with Gasteiger partial charge in [0.1, 0.15) is 5.60 Å². The predicted molar refractivity (Wildman–Crippen MR) is 79.7 cm³/mol. The Bertz CT molecular complexity index is 520. The van der Waals surface area contributed by atoms with Gasteiger partial charge in [0.2, 0.25) is 0 Å². The Labute approximate surface area is 125 Å². The van der Waals surface area contributed by atoms with Gasteiger partial charge in [0.25, 0.3) is 5.78 Å². The molecule has 0 aromatic carbocycles. The van der Waals surface area contributed by atoms with Gasteiger partial charge in [-0.15, -0.1) is 0 Å². The van der Waals surface area contributed by atoms with Crippen molar-refractivity contribution in [3.8, 4) is 0 Å². The lowest BCUT2D eigenvalue weighted by Crippen LogP contribution is -2.34. The number of allylic oxidation sites excluding steroid dienone is 4. The van der Waals surface area contributed by atoms with Crippen molar-refractivity contribution < 1.29 is 19.1 Å². The molecule has 1 aliphatic carbocycles. The number of hydrogen-bond acceptors (Lipinski definition) is 3. The zero-order valence-corrected chi connectivity index (χ0v) is 13.0. The van der Waals surface area contributed by atoms with E-state index in [0.717, 1.165) is 6.42 Å². The average molecular weight is 290 g/mol. The molecule has 5 nitrogen and oxygen atoms in total.